The standard InChI is InChI=1S/C25H26F3N7O2/c1-33-21-17(32-23(33)19-8-16-10-29-13-31-22(16)35(19)12-25(26,27)28)7-15(9-20(21)37-2)24(36)34-6-4-14-3-5-30-18(14)11-34/h7-10,13-14,18,30H,3-6,11-12H2,1-2H3/t14-,18+/m0/s1. The maximum absolute atomic E-state index is 13.5. The molecule has 1 N–H and O–H groups in total. The number of nitrogens with zero attached hydrogens (tertiary/aromatic N) is 6. The quantitative estimate of drug-likeness (QED) is 0.450. The van der Waals surface area contributed by atoms with Crippen LogP contribution >= 0.6 is 0 Å². The number of aromatic nitrogens is 5. The predicted molar refractivity (Wildman–Crippen MR) is 130 cm³/mol. The molecule has 1 amide bonds. The Morgan fingerprint density at radius 3 is 2.86 bits per heavy atom. The largest absolute Gasteiger partial charge is 0.494 e. The van der Waals surface area contributed by atoms with Gasteiger partial charge in [0.25, 0.3) is 5.91 Å². The van der Waals surface area contributed by atoms with Gasteiger partial charge in [0.15, 0.2) is 5.82 Å². The Morgan fingerprint density at radius 1 is 1.24 bits per heavy atom. The highest BCUT2D eigenvalue weighted by Gasteiger charge is 2.35. The van der Waals surface area contributed by atoms with E-state index >= 15 is 0 Å². The molecule has 9 nitrogen and oxygen atoms in total. The zero-order chi connectivity index (χ0) is 25.9. The molecule has 2 atom stereocenters. The van der Waals surface area contributed by atoms with Gasteiger partial charge in [-0.15, -0.1) is 0 Å². The summed E-state index contributed by atoms with van der Waals surface area (Å²) in [7, 11) is 3.21. The normalized spacial score (nSPS) is 20.1. The van der Waals surface area contributed by atoms with Crippen molar-refractivity contribution in [1.29, 1.82) is 0 Å². The number of hydrogen-bond donors (Lipinski definition) is 1. The van der Waals surface area contributed by atoms with Crippen molar-refractivity contribution in [3.63, 3.8) is 0 Å². The van der Waals surface area contributed by atoms with E-state index < -0.39 is 12.7 Å². The molecule has 37 heavy (non-hydrogen) atoms. The molecule has 0 spiro atoms. The lowest BCUT2D eigenvalue weighted by molar-refractivity contribution is -0.139. The van der Waals surface area contributed by atoms with E-state index in [-0.39, 0.29) is 17.2 Å². The molecular weight excluding hydrogens is 487 g/mol. The van der Waals surface area contributed by atoms with Crippen molar-refractivity contribution in [3.8, 4) is 17.3 Å². The number of ether oxygens (including phenoxy) is 1. The number of nitrogens with one attached hydrogen (secondary N) is 1. The highest BCUT2D eigenvalue weighted by molar-refractivity contribution is 6.00. The SMILES string of the molecule is COc1cc(C(=O)N2CC[C@@H]3CCN[C@@H]3C2)cc2nc(-c3cc4cncnc4n3CC(F)(F)F)n(C)c12. The number of carbonyl (C=O) groups excluding carboxylic acids is 1. The Kier molecular flexibility index (Phi) is 5.59. The molecule has 3 aromatic heterocycles. The van der Waals surface area contributed by atoms with Crippen LogP contribution < -0.4 is 10.1 Å². The lowest BCUT2D eigenvalue weighted by Gasteiger charge is -2.35. The lowest BCUT2D eigenvalue weighted by atomic mass is 9.92. The van der Waals surface area contributed by atoms with Gasteiger partial charge in [0, 0.05) is 43.3 Å². The van der Waals surface area contributed by atoms with Crippen molar-refractivity contribution in [2.24, 2.45) is 13.0 Å². The highest BCUT2D eigenvalue weighted by atomic mass is 19.4. The number of aryl methyl sites for hydroxylation is 1. The van der Waals surface area contributed by atoms with Crippen LogP contribution in [0.15, 0.2) is 30.7 Å². The summed E-state index contributed by atoms with van der Waals surface area (Å²) in [6.07, 6.45) is 0.331. The molecule has 0 radical (unpaired) electrons. The fourth-order valence-corrected chi connectivity index (χ4v) is 5.74. The molecule has 0 aliphatic carbocycles. The Hall–Kier alpha value is -3.67. The van der Waals surface area contributed by atoms with Gasteiger partial charge in [0.2, 0.25) is 0 Å². The molecule has 2 fully saturated rings. The topological polar surface area (TPSA) is 90.1 Å². The van der Waals surface area contributed by atoms with Crippen molar-refractivity contribution in [2.75, 3.05) is 26.7 Å². The first-order chi connectivity index (χ1) is 17.7. The summed E-state index contributed by atoms with van der Waals surface area (Å²) in [4.78, 5) is 28.0. The number of hydrogen-bond acceptors (Lipinski definition) is 6. The van der Waals surface area contributed by atoms with Crippen molar-refractivity contribution >= 4 is 28.0 Å². The number of likely N-dealkylation sites (tertiary alicyclic amines) is 1. The van der Waals surface area contributed by atoms with Gasteiger partial charge in [-0.25, -0.2) is 15.0 Å². The monoisotopic (exact) mass is 513 g/mol. The minimum Gasteiger partial charge on any atom is -0.494 e. The van der Waals surface area contributed by atoms with Crippen molar-refractivity contribution < 1.29 is 22.7 Å². The average Bonchev–Trinajstić information content (AvgIpc) is 3.57. The molecule has 4 aromatic rings. The molecule has 5 heterocycles. The van der Waals surface area contributed by atoms with E-state index in [1.807, 2.05) is 4.90 Å². The van der Waals surface area contributed by atoms with Gasteiger partial charge in [0.1, 0.15) is 29.8 Å². The van der Waals surface area contributed by atoms with E-state index in [1.165, 1.54) is 19.6 Å². The second kappa shape index (κ2) is 8.72. The van der Waals surface area contributed by atoms with Crippen LogP contribution in [0, 0.1) is 5.92 Å². The van der Waals surface area contributed by atoms with E-state index in [1.54, 1.807) is 29.8 Å². The first-order valence-electron chi connectivity index (χ1n) is 12.2. The summed E-state index contributed by atoms with van der Waals surface area (Å²) in [5, 5.41) is 3.95. The Balaban J connectivity index is 1.44. The molecule has 2 aliphatic rings. The van der Waals surface area contributed by atoms with Crippen LogP contribution in [0.25, 0.3) is 33.6 Å². The van der Waals surface area contributed by atoms with Crippen molar-refractivity contribution in [1.82, 2.24) is 34.3 Å². The Labute approximate surface area is 210 Å². The number of rotatable bonds is 4. The fourth-order valence-electron chi connectivity index (χ4n) is 5.74. The zero-order valence-corrected chi connectivity index (χ0v) is 20.4. The molecule has 0 unspecified atom stereocenters. The van der Waals surface area contributed by atoms with Crippen molar-refractivity contribution in [2.45, 2.75) is 31.6 Å². The van der Waals surface area contributed by atoms with Gasteiger partial charge < -0.3 is 24.1 Å². The third-order valence-electron chi connectivity index (χ3n) is 7.49. The number of piperidine rings is 1. The van der Waals surface area contributed by atoms with Crippen LogP contribution in [0.1, 0.15) is 23.2 Å². The lowest BCUT2D eigenvalue weighted by Crippen LogP contribution is -2.48. The Morgan fingerprint density at radius 2 is 2.08 bits per heavy atom. The number of alkyl halides is 3. The second-order valence-corrected chi connectivity index (χ2v) is 9.72. The first-order valence-corrected chi connectivity index (χ1v) is 12.2. The number of benzene rings is 1. The molecule has 6 rings (SSSR count). The van der Waals surface area contributed by atoms with Crippen LogP contribution in [-0.4, -0.2) is 73.9 Å². The maximum atomic E-state index is 13.5. The van der Waals surface area contributed by atoms with Gasteiger partial charge in [-0.1, -0.05) is 0 Å². The molecule has 2 saturated heterocycles. The molecule has 1 aromatic carbocycles. The van der Waals surface area contributed by atoms with Gasteiger partial charge >= 0.3 is 6.18 Å². The third-order valence-corrected chi connectivity index (χ3v) is 7.49. The number of imidazole rings is 1. The second-order valence-electron chi connectivity index (χ2n) is 9.72. The molecular formula is C25H26F3N7O2. The van der Waals surface area contributed by atoms with E-state index in [0.717, 1.165) is 24.0 Å². The summed E-state index contributed by atoms with van der Waals surface area (Å²) in [6, 6.07) is 5.28. The number of carbonyl (C=O) groups is 1. The molecule has 0 bridgehead atoms. The van der Waals surface area contributed by atoms with E-state index in [9.17, 15) is 18.0 Å². The van der Waals surface area contributed by atoms with Crippen molar-refractivity contribution in [3.05, 3.63) is 36.3 Å². The zero-order valence-electron chi connectivity index (χ0n) is 20.4. The molecule has 12 heteroatoms. The Bertz CT molecular complexity index is 1510. The number of fused-ring (bicyclic) bond motifs is 3. The number of halogens is 3. The summed E-state index contributed by atoms with van der Waals surface area (Å²) < 4.78 is 48.9. The molecule has 2 aliphatic heterocycles. The molecule has 194 valence electrons. The summed E-state index contributed by atoms with van der Waals surface area (Å²) in [5.74, 6) is 1.22. The van der Waals surface area contributed by atoms with E-state index in [0.29, 0.717) is 58.6 Å². The van der Waals surface area contributed by atoms with Gasteiger partial charge in [-0.2, -0.15) is 13.2 Å². The van der Waals surface area contributed by atoms with Crippen LogP contribution in [0.2, 0.25) is 0 Å². The summed E-state index contributed by atoms with van der Waals surface area (Å²) in [6.45, 7) is 1.09. The summed E-state index contributed by atoms with van der Waals surface area (Å²) >= 11 is 0. The van der Waals surface area contributed by atoms with Gasteiger partial charge in [-0.3, -0.25) is 4.79 Å². The smallest absolute Gasteiger partial charge is 0.406 e. The number of amides is 1. The number of methoxy groups -OCH3 is 1. The maximum Gasteiger partial charge on any atom is 0.406 e. The minimum absolute atomic E-state index is 0.110. The molecule has 0 saturated carbocycles. The van der Waals surface area contributed by atoms with E-state index in [4.69, 9.17) is 4.74 Å². The first kappa shape index (κ1) is 23.7. The fraction of sp³-hybridized carbons (Fsp3) is 0.440. The van der Waals surface area contributed by atoms with Crippen LogP contribution in [0.3, 0.4) is 0 Å². The minimum atomic E-state index is -4.46. The van der Waals surface area contributed by atoms with E-state index in [2.05, 4.69) is 20.3 Å². The predicted octanol–water partition coefficient (Wildman–Crippen LogP) is 3.38. The van der Waals surface area contributed by atoms with Gasteiger partial charge in [-0.05, 0) is 43.5 Å². The van der Waals surface area contributed by atoms with Crippen LogP contribution in [0.4, 0.5) is 13.2 Å². The highest BCUT2D eigenvalue weighted by Crippen LogP contribution is 2.35. The third kappa shape index (κ3) is 4.08. The van der Waals surface area contributed by atoms with Gasteiger partial charge in [0.05, 0.1) is 18.3 Å². The average molecular weight is 514 g/mol. The summed E-state index contributed by atoms with van der Waals surface area (Å²) in [5.41, 5.74) is 1.90. The van der Waals surface area contributed by atoms with Crippen LogP contribution in [-0.2, 0) is 13.6 Å². The van der Waals surface area contributed by atoms with Crippen LogP contribution in [0.5, 0.6) is 5.75 Å².